The standard InChI is InChI=1S/C75H61Cl2N7O13/c1-5-49-21-28-65(95-49)84-39-46(72(90)82-75(84)94)8-6-7-29-78-69(87)43-14-10-41(11-15-43)36-79-71(89)45-18-23-50(74(92)93)55(31-45)67-53-25-20-48(85)33-64(53)97-68-54(67)26-27-61(86)58(68)38-81-70(88)44-16-12-42(13-17-44)37-80-73(91)57-35-59(76)56(34-60(57)77)66-51-22-9-40(2)30-62(51)96-63-32-47(83(3)4)19-24-52(63)66/h9-20,22-27,30-35,39,49,65,86H,2,5,8,21,28-29,36-38H2,1,3-4H3,(H,78,87)(H,79,89)(H,80,91)(H,81,88)(H,92,93)(H,82,90,94)/t49-,65-/m1/s1. The predicted molar refractivity (Wildman–Crippen MR) is 368 cm³/mol. The lowest BCUT2D eigenvalue weighted by Gasteiger charge is -2.24. The quantitative estimate of drug-likeness (QED) is 0.0311. The van der Waals surface area contributed by atoms with E-state index in [1.165, 1.54) is 65.4 Å². The molecule has 0 radical (unpaired) electrons. The fourth-order valence-corrected chi connectivity index (χ4v) is 12.3. The third kappa shape index (κ3) is 13.9. The van der Waals surface area contributed by atoms with Crippen LogP contribution in [0.25, 0.3) is 45.6 Å². The summed E-state index contributed by atoms with van der Waals surface area (Å²) in [5, 5.41) is 35.5. The van der Waals surface area contributed by atoms with Crippen LogP contribution < -0.4 is 58.0 Å². The minimum absolute atomic E-state index is 0.0174. The van der Waals surface area contributed by atoms with E-state index in [0.29, 0.717) is 45.7 Å². The average Bonchev–Trinajstić information content (AvgIpc) is 1.20. The molecule has 0 spiro atoms. The molecule has 4 amide bonds. The van der Waals surface area contributed by atoms with Crippen molar-refractivity contribution in [2.45, 2.75) is 64.6 Å². The van der Waals surface area contributed by atoms with Crippen molar-refractivity contribution in [1.29, 1.82) is 0 Å². The second kappa shape index (κ2) is 27.8. The number of phenols is 1. The van der Waals surface area contributed by atoms with E-state index in [1.807, 2.05) is 62.3 Å². The van der Waals surface area contributed by atoms with Crippen LogP contribution in [0.5, 0.6) is 17.2 Å². The minimum atomic E-state index is -1.33. The van der Waals surface area contributed by atoms with Crippen molar-refractivity contribution in [2.24, 2.45) is 0 Å². The molecule has 4 heterocycles. The number of aromatic nitrogens is 2. The molecule has 488 valence electrons. The third-order valence-corrected chi connectivity index (χ3v) is 17.6. The van der Waals surface area contributed by atoms with Crippen molar-refractivity contribution in [2.75, 3.05) is 25.5 Å². The maximum atomic E-state index is 13.9. The number of amides is 4. The first-order valence-electron chi connectivity index (χ1n) is 30.9. The average molecular weight is 1340 g/mol. The van der Waals surface area contributed by atoms with E-state index in [-0.39, 0.29) is 116 Å². The summed E-state index contributed by atoms with van der Waals surface area (Å²) in [5.41, 5.74) is 4.49. The number of benzene rings is 8. The molecule has 22 heteroatoms. The maximum absolute atomic E-state index is 13.9. The van der Waals surface area contributed by atoms with Crippen molar-refractivity contribution in [3.05, 3.63) is 265 Å². The Morgan fingerprint density at radius 3 is 2.05 bits per heavy atom. The highest BCUT2D eigenvalue weighted by Crippen LogP contribution is 2.45. The highest BCUT2D eigenvalue weighted by Gasteiger charge is 2.29. The van der Waals surface area contributed by atoms with Crippen LogP contribution in [0.1, 0.15) is 118 Å². The molecule has 1 saturated heterocycles. The molecule has 7 N–H and O–H groups in total. The number of aromatic hydroxyl groups is 1. The topological polar surface area (TPSA) is 281 Å². The number of carbonyl (C=O) groups excluding carboxylic acids is 4. The number of ether oxygens (including phenoxy) is 2. The Morgan fingerprint density at radius 1 is 0.670 bits per heavy atom. The number of aromatic carboxylic acids is 1. The second-order valence-corrected chi connectivity index (χ2v) is 24.3. The van der Waals surface area contributed by atoms with Crippen LogP contribution in [0, 0.1) is 11.8 Å². The summed E-state index contributed by atoms with van der Waals surface area (Å²) in [5.74, 6) is 3.32. The van der Waals surface area contributed by atoms with Gasteiger partial charge in [-0.3, -0.25) is 38.3 Å². The molecule has 0 bridgehead atoms. The third-order valence-electron chi connectivity index (χ3n) is 17.0. The summed E-state index contributed by atoms with van der Waals surface area (Å²) < 4.78 is 20.0. The molecule has 1 aromatic heterocycles. The van der Waals surface area contributed by atoms with E-state index in [4.69, 9.17) is 37.1 Å². The van der Waals surface area contributed by atoms with Gasteiger partial charge in [-0.1, -0.05) is 84.9 Å². The van der Waals surface area contributed by atoms with Crippen molar-refractivity contribution in [1.82, 2.24) is 30.8 Å². The normalized spacial score (nSPS) is 13.8. The van der Waals surface area contributed by atoms with Crippen molar-refractivity contribution in [3.63, 3.8) is 0 Å². The van der Waals surface area contributed by atoms with Gasteiger partial charge in [-0.2, -0.15) is 0 Å². The Balaban J connectivity index is 0.701. The Bertz CT molecular complexity index is 5230. The molecule has 97 heavy (non-hydrogen) atoms. The number of rotatable bonds is 18. The first-order chi connectivity index (χ1) is 46.7. The first-order valence-corrected chi connectivity index (χ1v) is 31.6. The van der Waals surface area contributed by atoms with Gasteiger partial charge >= 0.3 is 11.7 Å². The highest BCUT2D eigenvalue weighted by atomic mass is 35.5. The number of carbonyl (C=O) groups is 5. The molecule has 2 atom stereocenters. The second-order valence-electron chi connectivity index (χ2n) is 23.5. The first kappa shape index (κ1) is 65.6. The number of H-pyrrole nitrogens is 1. The number of halogens is 2. The Hall–Kier alpha value is -11.5. The number of hydrogen-bond acceptors (Lipinski definition) is 13. The summed E-state index contributed by atoms with van der Waals surface area (Å²) in [6, 6.07) is 38.6. The van der Waals surface area contributed by atoms with Crippen LogP contribution >= 0.6 is 23.2 Å². The molecule has 4 aliphatic rings. The molecule has 3 aliphatic heterocycles. The molecule has 0 saturated carbocycles. The number of aromatic amines is 1. The van der Waals surface area contributed by atoms with Gasteiger partial charge in [-0.15, -0.1) is 0 Å². The Morgan fingerprint density at radius 2 is 1.35 bits per heavy atom. The lowest BCUT2D eigenvalue weighted by Crippen LogP contribution is -2.34. The van der Waals surface area contributed by atoms with E-state index in [0.717, 1.165) is 40.1 Å². The molecule has 8 aromatic rings. The molecule has 7 aromatic carbocycles. The van der Waals surface area contributed by atoms with Crippen LogP contribution in [0.2, 0.25) is 10.0 Å². The van der Waals surface area contributed by atoms with Gasteiger partial charge in [-0.05, 0) is 138 Å². The fourth-order valence-electron chi connectivity index (χ4n) is 11.8. The van der Waals surface area contributed by atoms with Crippen LogP contribution in [-0.4, -0.2) is 76.1 Å². The summed E-state index contributed by atoms with van der Waals surface area (Å²) in [6.45, 7) is 5.83. The van der Waals surface area contributed by atoms with Gasteiger partial charge in [0.2, 0.25) is 0 Å². The number of phenolic OH excluding ortho intramolecular Hbond substituents is 1. The number of carboxylic acids is 1. The largest absolute Gasteiger partial charge is 0.507 e. The maximum Gasteiger partial charge on any atom is 0.336 e. The van der Waals surface area contributed by atoms with Gasteiger partial charge in [0.1, 0.15) is 34.8 Å². The van der Waals surface area contributed by atoms with E-state index in [9.17, 15) is 48.6 Å². The number of nitrogens with one attached hydrogen (secondary N) is 5. The van der Waals surface area contributed by atoms with Gasteiger partial charge in [0, 0.05) is 123 Å². The molecule has 12 rings (SSSR count). The zero-order valence-corrected chi connectivity index (χ0v) is 54.0. The van der Waals surface area contributed by atoms with E-state index in [2.05, 4.69) is 44.7 Å². The summed E-state index contributed by atoms with van der Waals surface area (Å²) in [7, 11) is 3.88. The van der Waals surface area contributed by atoms with Crippen molar-refractivity contribution in [3.8, 4) is 51.5 Å². The lowest BCUT2D eigenvalue weighted by molar-refractivity contribution is -0.00214. The molecular formula is C75H61Cl2N7O13. The van der Waals surface area contributed by atoms with Crippen LogP contribution in [0.4, 0.5) is 5.69 Å². The Kier molecular flexibility index (Phi) is 18.8. The van der Waals surface area contributed by atoms with Crippen molar-refractivity contribution >= 4 is 81.6 Å². The predicted octanol–water partition coefficient (Wildman–Crippen LogP) is 9.81. The monoisotopic (exact) mass is 1340 g/mol. The van der Waals surface area contributed by atoms with Crippen LogP contribution in [0.3, 0.4) is 0 Å². The van der Waals surface area contributed by atoms with E-state index >= 15 is 0 Å². The van der Waals surface area contributed by atoms with E-state index in [1.54, 1.807) is 54.6 Å². The van der Waals surface area contributed by atoms with Crippen molar-refractivity contribution < 1.29 is 48.1 Å². The molecular weight excluding hydrogens is 1280 g/mol. The van der Waals surface area contributed by atoms with Gasteiger partial charge in [0.15, 0.2) is 5.43 Å². The molecule has 20 nitrogen and oxygen atoms in total. The summed E-state index contributed by atoms with van der Waals surface area (Å²) in [4.78, 5) is 110. The highest BCUT2D eigenvalue weighted by molar-refractivity contribution is 6.37. The smallest absolute Gasteiger partial charge is 0.336 e. The summed E-state index contributed by atoms with van der Waals surface area (Å²) >= 11 is 13.9. The lowest BCUT2D eigenvalue weighted by atomic mass is 9.88. The zero-order chi connectivity index (χ0) is 68.3. The number of hydrogen-bond donors (Lipinski definition) is 7. The van der Waals surface area contributed by atoms with E-state index < -0.39 is 52.5 Å². The van der Waals surface area contributed by atoms with Gasteiger partial charge in [0.25, 0.3) is 29.2 Å². The number of fused-ring (bicyclic) bond motifs is 4. The van der Waals surface area contributed by atoms with Gasteiger partial charge in [0.05, 0.1) is 40.9 Å². The Labute approximate surface area is 563 Å². The van der Waals surface area contributed by atoms with Crippen LogP contribution in [0.15, 0.2) is 171 Å². The minimum Gasteiger partial charge on any atom is -0.507 e. The van der Waals surface area contributed by atoms with Gasteiger partial charge < -0.3 is 50.3 Å². The number of anilines is 1. The molecule has 1 aliphatic carbocycles. The van der Waals surface area contributed by atoms with Crippen LogP contribution in [-0.2, 0) is 30.8 Å². The number of nitrogens with zero attached hydrogens (tertiary/aromatic N) is 2. The summed E-state index contributed by atoms with van der Waals surface area (Å²) in [6.07, 6.45) is 3.36. The zero-order valence-electron chi connectivity index (χ0n) is 52.5. The number of carboxylic acid groups (broad SMARTS) is 1. The van der Waals surface area contributed by atoms with Gasteiger partial charge in [-0.25, -0.2) is 9.59 Å². The molecule has 1 fully saturated rings. The molecule has 0 unspecified atom stereocenters. The fraction of sp³-hybridized carbons (Fsp3) is 0.173. The SMILES string of the molecule is C=c1ccc2c(c1)Oc1cc(N(C)C)ccc1C=2c1cc(Cl)c(C(=O)NCc2ccc(C(=O)NCc3c(O)ccc4c(-c5cc(C(=O)NCc6ccc(C(=O)NCC#CCc7cn([C@H]8CC[C@@H](CC)O8)c(=O)[nH]c7=O)cc6)ccc5C(=O)O)c5ccc(=O)cc-5oc34)cc2)cc1Cl.